The topological polar surface area (TPSA) is 42.8 Å². The maximum atomic E-state index is 5.84. The minimum Gasteiger partial charge on any atom is -0.494 e. The molecule has 0 aliphatic heterocycles. The van der Waals surface area contributed by atoms with Crippen LogP contribution in [0.25, 0.3) is 0 Å². The summed E-state index contributed by atoms with van der Waals surface area (Å²) in [6.45, 7) is 5.10. The van der Waals surface area contributed by atoms with Crippen molar-refractivity contribution in [1.82, 2.24) is 0 Å². The Labute approximate surface area is 135 Å². The van der Waals surface area contributed by atoms with Crippen LogP contribution in [0.15, 0.2) is 47.6 Å². The molecule has 0 atom stereocenters. The third-order valence-electron chi connectivity index (χ3n) is 2.84. The summed E-state index contributed by atoms with van der Waals surface area (Å²) in [6, 6.07) is 13.0. The van der Waals surface area contributed by atoms with Gasteiger partial charge in [-0.25, -0.2) is 0 Å². The molecule has 5 heteroatoms. The Morgan fingerprint density at radius 1 is 1.05 bits per heavy atom. The van der Waals surface area contributed by atoms with E-state index in [0.29, 0.717) is 18.2 Å². The number of hydrazone groups is 1. The number of hydrogen-bond acceptors (Lipinski definition) is 4. The molecule has 116 valence electrons. The molecule has 0 saturated carbocycles. The van der Waals surface area contributed by atoms with Crippen LogP contribution in [0.1, 0.15) is 19.4 Å². The highest BCUT2D eigenvalue weighted by Crippen LogP contribution is 2.24. The largest absolute Gasteiger partial charge is 0.494 e. The van der Waals surface area contributed by atoms with Crippen molar-refractivity contribution in [2.24, 2.45) is 5.10 Å². The van der Waals surface area contributed by atoms with Crippen LogP contribution in [0.5, 0.6) is 11.5 Å². The Kier molecular flexibility index (Phi) is 6.10. The van der Waals surface area contributed by atoms with E-state index in [1.54, 1.807) is 6.21 Å². The average Bonchev–Trinajstić information content (AvgIpc) is 2.52. The van der Waals surface area contributed by atoms with Crippen LogP contribution in [0, 0.1) is 0 Å². The van der Waals surface area contributed by atoms with Gasteiger partial charge in [0.2, 0.25) is 0 Å². The number of hydrogen-bond donors (Lipinski definition) is 1. The summed E-state index contributed by atoms with van der Waals surface area (Å²) in [5.74, 6) is 1.53. The quantitative estimate of drug-likeness (QED) is 0.600. The monoisotopic (exact) mass is 318 g/mol. The lowest BCUT2D eigenvalue weighted by Gasteiger charge is -2.10. The van der Waals surface area contributed by atoms with E-state index in [1.807, 2.05) is 56.3 Å². The molecule has 0 aromatic heterocycles. The molecule has 2 aromatic rings. The van der Waals surface area contributed by atoms with Crippen molar-refractivity contribution >= 4 is 23.5 Å². The van der Waals surface area contributed by atoms with Crippen LogP contribution in [-0.2, 0) is 0 Å². The molecule has 0 radical (unpaired) electrons. The molecule has 0 aliphatic rings. The van der Waals surface area contributed by atoms with Gasteiger partial charge in [0.05, 0.1) is 25.1 Å². The highest BCUT2D eigenvalue weighted by molar-refractivity contribution is 6.30. The van der Waals surface area contributed by atoms with Crippen molar-refractivity contribution in [3.63, 3.8) is 0 Å². The molecule has 4 nitrogen and oxygen atoms in total. The molecule has 0 saturated heterocycles. The lowest BCUT2D eigenvalue weighted by molar-refractivity contribution is 0.323. The van der Waals surface area contributed by atoms with Gasteiger partial charge in [0, 0.05) is 16.7 Å². The van der Waals surface area contributed by atoms with E-state index in [9.17, 15) is 0 Å². The van der Waals surface area contributed by atoms with Crippen molar-refractivity contribution in [2.45, 2.75) is 13.8 Å². The summed E-state index contributed by atoms with van der Waals surface area (Å²) in [4.78, 5) is 0. The fourth-order valence-electron chi connectivity index (χ4n) is 1.86. The van der Waals surface area contributed by atoms with E-state index in [2.05, 4.69) is 10.5 Å². The molecule has 0 amide bonds. The Bertz CT molecular complexity index is 627. The normalized spacial score (nSPS) is 10.7. The number of nitrogens with one attached hydrogen (secondary N) is 1. The first-order valence-electron chi connectivity index (χ1n) is 7.17. The standard InChI is InChI=1S/C17H19ClN2O2/c1-3-21-16-10-5-13(17(11-16)22-4-2)12-19-20-15-8-6-14(18)7-9-15/h5-12,20H,3-4H2,1-2H3/b19-12+. The lowest BCUT2D eigenvalue weighted by Crippen LogP contribution is -1.99. The molecular formula is C17H19ClN2O2. The zero-order chi connectivity index (χ0) is 15.8. The smallest absolute Gasteiger partial charge is 0.131 e. The van der Waals surface area contributed by atoms with E-state index in [0.717, 1.165) is 22.7 Å². The molecule has 0 aliphatic carbocycles. The first-order chi connectivity index (χ1) is 10.7. The molecule has 0 spiro atoms. The Morgan fingerprint density at radius 2 is 1.77 bits per heavy atom. The third-order valence-corrected chi connectivity index (χ3v) is 3.09. The SMILES string of the molecule is CCOc1ccc(/C=N/Nc2ccc(Cl)cc2)c(OCC)c1. The van der Waals surface area contributed by atoms with Crippen LogP contribution in [-0.4, -0.2) is 19.4 Å². The fourth-order valence-corrected chi connectivity index (χ4v) is 1.99. The average molecular weight is 319 g/mol. The van der Waals surface area contributed by atoms with Crippen molar-refractivity contribution in [3.8, 4) is 11.5 Å². The highest BCUT2D eigenvalue weighted by Gasteiger charge is 2.04. The second kappa shape index (κ2) is 8.29. The Hall–Kier alpha value is -2.20. The van der Waals surface area contributed by atoms with Crippen LogP contribution in [0.2, 0.25) is 5.02 Å². The summed E-state index contributed by atoms with van der Waals surface area (Å²) < 4.78 is 11.1. The summed E-state index contributed by atoms with van der Waals surface area (Å²) in [5, 5.41) is 4.92. The van der Waals surface area contributed by atoms with Gasteiger partial charge in [0.25, 0.3) is 0 Å². The molecule has 1 N–H and O–H groups in total. The summed E-state index contributed by atoms with van der Waals surface area (Å²) in [7, 11) is 0. The summed E-state index contributed by atoms with van der Waals surface area (Å²) in [5.41, 5.74) is 4.70. The van der Waals surface area contributed by atoms with E-state index in [1.165, 1.54) is 0 Å². The lowest BCUT2D eigenvalue weighted by atomic mass is 10.2. The van der Waals surface area contributed by atoms with E-state index in [4.69, 9.17) is 21.1 Å². The molecule has 22 heavy (non-hydrogen) atoms. The van der Waals surface area contributed by atoms with Crippen LogP contribution in [0.4, 0.5) is 5.69 Å². The summed E-state index contributed by atoms with van der Waals surface area (Å²) in [6.07, 6.45) is 1.72. The van der Waals surface area contributed by atoms with E-state index in [-0.39, 0.29) is 0 Å². The molecule has 0 fully saturated rings. The van der Waals surface area contributed by atoms with Gasteiger partial charge in [0.1, 0.15) is 11.5 Å². The zero-order valence-electron chi connectivity index (χ0n) is 12.7. The number of anilines is 1. The molecule has 2 aromatic carbocycles. The summed E-state index contributed by atoms with van der Waals surface area (Å²) >= 11 is 5.84. The first kappa shape index (κ1) is 16.2. The van der Waals surface area contributed by atoms with Crippen molar-refractivity contribution in [2.75, 3.05) is 18.6 Å². The highest BCUT2D eigenvalue weighted by atomic mass is 35.5. The molecule has 2 rings (SSSR count). The predicted molar refractivity (Wildman–Crippen MR) is 91.4 cm³/mol. The fraction of sp³-hybridized carbons (Fsp3) is 0.235. The maximum absolute atomic E-state index is 5.84. The van der Waals surface area contributed by atoms with Crippen molar-refractivity contribution < 1.29 is 9.47 Å². The molecule has 0 heterocycles. The van der Waals surface area contributed by atoms with Crippen molar-refractivity contribution in [1.29, 1.82) is 0 Å². The number of halogens is 1. The van der Waals surface area contributed by atoms with Gasteiger partial charge in [-0.3, -0.25) is 5.43 Å². The van der Waals surface area contributed by atoms with E-state index < -0.39 is 0 Å². The first-order valence-corrected chi connectivity index (χ1v) is 7.55. The van der Waals surface area contributed by atoms with Gasteiger partial charge in [0.15, 0.2) is 0 Å². The minimum absolute atomic E-state index is 0.584. The minimum atomic E-state index is 0.584. The van der Waals surface area contributed by atoms with Gasteiger partial charge < -0.3 is 9.47 Å². The van der Waals surface area contributed by atoms with E-state index >= 15 is 0 Å². The van der Waals surface area contributed by atoms with Gasteiger partial charge in [-0.05, 0) is 50.2 Å². The van der Waals surface area contributed by atoms with Crippen LogP contribution >= 0.6 is 11.6 Å². The van der Waals surface area contributed by atoms with Gasteiger partial charge >= 0.3 is 0 Å². The van der Waals surface area contributed by atoms with Gasteiger partial charge in [-0.2, -0.15) is 5.10 Å². The molecule has 0 unspecified atom stereocenters. The second-order valence-corrected chi connectivity index (χ2v) is 4.88. The second-order valence-electron chi connectivity index (χ2n) is 4.44. The van der Waals surface area contributed by atoms with Crippen LogP contribution < -0.4 is 14.9 Å². The maximum Gasteiger partial charge on any atom is 0.131 e. The number of benzene rings is 2. The van der Waals surface area contributed by atoms with Gasteiger partial charge in [-0.1, -0.05) is 11.6 Å². The number of nitrogens with zero attached hydrogens (tertiary/aromatic N) is 1. The predicted octanol–water partition coefficient (Wildman–Crippen LogP) is 4.58. The number of ether oxygens (including phenoxy) is 2. The Balaban J connectivity index is 2.09. The Morgan fingerprint density at radius 3 is 2.45 bits per heavy atom. The van der Waals surface area contributed by atoms with Gasteiger partial charge in [-0.15, -0.1) is 0 Å². The molecular weight excluding hydrogens is 300 g/mol. The van der Waals surface area contributed by atoms with Crippen LogP contribution in [0.3, 0.4) is 0 Å². The third kappa shape index (κ3) is 4.67. The zero-order valence-corrected chi connectivity index (χ0v) is 13.4. The van der Waals surface area contributed by atoms with Crippen molar-refractivity contribution in [3.05, 3.63) is 53.1 Å². The molecule has 0 bridgehead atoms. The number of rotatable bonds is 7.